The van der Waals surface area contributed by atoms with Crippen molar-refractivity contribution in [3.05, 3.63) is 41.8 Å². The van der Waals surface area contributed by atoms with Gasteiger partial charge in [-0.05, 0) is 37.6 Å². The smallest absolute Gasteiger partial charge is 0.226 e. The molecule has 0 saturated carbocycles. The molecule has 0 amide bonds. The minimum Gasteiger partial charge on any atom is -0.439 e. The van der Waals surface area contributed by atoms with Crippen molar-refractivity contribution >= 4 is 5.95 Å². The van der Waals surface area contributed by atoms with Crippen LogP contribution in [0.5, 0.6) is 11.6 Å². The number of benzene rings is 1. The Kier molecular flexibility index (Phi) is 4.28. The Balaban J connectivity index is 2.15. The summed E-state index contributed by atoms with van der Waals surface area (Å²) in [7, 11) is 0. The van der Waals surface area contributed by atoms with Crippen LogP contribution in [0.15, 0.2) is 30.3 Å². The Bertz CT molecular complexity index is 543. The van der Waals surface area contributed by atoms with Crippen molar-refractivity contribution in [2.75, 3.05) is 11.9 Å². The first-order valence-electron chi connectivity index (χ1n) is 6.20. The molecule has 0 aliphatic rings. The van der Waals surface area contributed by atoms with Gasteiger partial charge >= 0.3 is 0 Å². The van der Waals surface area contributed by atoms with E-state index in [9.17, 15) is 4.39 Å². The fourth-order valence-corrected chi connectivity index (χ4v) is 1.53. The zero-order valence-corrected chi connectivity index (χ0v) is 11.0. The van der Waals surface area contributed by atoms with Crippen molar-refractivity contribution < 1.29 is 9.13 Å². The highest BCUT2D eigenvalue weighted by atomic mass is 19.1. The molecule has 0 atom stereocenters. The van der Waals surface area contributed by atoms with E-state index < -0.39 is 0 Å². The standard InChI is InChI=1S/C14H16FN3O/c1-3-8-16-14-17-10(2)9-13(18-14)19-12-6-4-11(15)5-7-12/h4-7,9H,3,8H2,1-2H3,(H,16,17,18). The minimum atomic E-state index is -0.295. The average Bonchev–Trinajstić information content (AvgIpc) is 2.38. The van der Waals surface area contributed by atoms with E-state index in [-0.39, 0.29) is 5.82 Å². The average molecular weight is 261 g/mol. The predicted octanol–water partition coefficient (Wildman–Crippen LogP) is 3.54. The fourth-order valence-electron chi connectivity index (χ4n) is 1.53. The van der Waals surface area contributed by atoms with Gasteiger partial charge in [-0.2, -0.15) is 4.98 Å². The van der Waals surface area contributed by atoms with Crippen molar-refractivity contribution in [2.45, 2.75) is 20.3 Å². The molecule has 100 valence electrons. The number of aromatic nitrogens is 2. The Labute approximate surface area is 111 Å². The molecule has 4 nitrogen and oxygen atoms in total. The molecule has 0 aliphatic carbocycles. The third-order valence-corrected chi connectivity index (χ3v) is 2.40. The highest BCUT2D eigenvalue weighted by Gasteiger charge is 2.04. The fraction of sp³-hybridized carbons (Fsp3) is 0.286. The van der Waals surface area contributed by atoms with Gasteiger partial charge in [-0.3, -0.25) is 0 Å². The lowest BCUT2D eigenvalue weighted by Gasteiger charge is -2.08. The zero-order chi connectivity index (χ0) is 13.7. The molecule has 5 heteroatoms. The van der Waals surface area contributed by atoms with Crippen LogP contribution in [-0.4, -0.2) is 16.5 Å². The highest BCUT2D eigenvalue weighted by molar-refractivity contribution is 5.33. The number of hydrogen-bond donors (Lipinski definition) is 1. The van der Waals surface area contributed by atoms with Gasteiger partial charge < -0.3 is 10.1 Å². The summed E-state index contributed by atoms with van der Waals surface area (Å²) in [6.45, 7) is 4.74. The van der Waals surface area contributed by atoms with Crippen LogP contribution in [0.25, 0.3) is 0 Å². The largest absolute Gasteiger partial charge is 0.439 e. The number of anilines is 1. The third kappa shape index (κ3) is 3.91. The first-order valence-corrected chi connectivity index (χ1v) is 6.20. The van der Waals surface area contributed by atoms with Gasteiger partial charge in [0.2, 0.25) is 11.8 Å². The summed E-state index contributed by atoms with van der Waals surface area (Å²) in [4.78, 5) is 8.52. The molecule has 1 aromatic carbocycles. The van der Waals surface area contributed by atoms with Crippen LogP contribution >= 0.6 is 0 Å². The summed E-state index contributed by atoms with van der Waals surface area (Å²) in [6.07, 6.45) is 0.992. The molecule has 1 N–H and O–H groups in total. The maximum absolute atomic E-state index is 12.8. The van der Waals surface area contributed by atoms with Gasteiger partial charge in [0.1, 0.15) is 11.6 Å². The third-order valence-electron chi connectivity index (χ3n) is 2.40. The van der Waals surface area contributed by atoms with Gasteiger partial charge in [0.05, 0.1) is 0 Å². The summed E-state index contributed by atoms with van der Waals surface area (Å²) >= 11 is 0. The van der Waals surface area contributed by atoms with Gasteiger partial charge in [-0.15, -0.1) is 0 Å². The lowest BCUT2D eigenvalue weighted by Crippen LogP contribution is -2.05. The Morgan fingerprint density at radius 1 is 1.21 bits per heavy atom. The van der Waals surface area contributed by atoms with Crippen molar-refractivity contribution in [1.82, 2.24) is 9.97 Å². The van der Waals surface area contributed by atoms with E-state index in [0.29, 0.717) is 17.6 Å². The second kappa shape index (κ2) is 6.13. The number of nitrogens with zero attached hydrogens (tertiary/aromatic N) is 2. The minimum absolute atomic E-state index is 0.295. The van der Waals surface area contributed by atoms with E-state index in [2.05, 4.69) is 22.2 Å². The number of aryl methyl sites for hydroxylation is 1. The van der Waals surface area contributed by atoms with Gasteiger partial charge in [-0.1, -0.05) is 6.92 Å². The number of ether oxygens (including phenoxy) is 1. The molecule has 1 heterocycles. The highest BCUT2D eigenvalue weighted by Crippen LogP contribution is 2.21. The van der Waals surface area contributed by atoms with Crippen molar-refractivity contribution in [3.63, 3.8) is 0 Å². The number of rotatable bonds is 5. The molecule has 2 rings (SSSR count). The molecule has 0 aliphatic heterocycles. The first-order chi connectivity index (χ1) is 9.17. The Morgan fingerprint density at radius 3 is 2.63 bits per heavy atom. The molecule has 0 fully saturated rings. The van der Waals surface area contributed by atoms with E-state index in [1.165, 1.54) is 12.1 Å². The number of nitrogens with one attached hydrogen (secondary N) is 1. The molecule has 0 radical (unpaired) electrons. The lowest BCUT2D eigenvalue weighted by molar-refractivity contribution is 0.460. The van der Waals surface area contributed by atoms with Crippen molar-refractivity contribution in [3.8, 4) is 11.6 Å². The summed E-state index contributed by atoms with van der Waals surface area (Å²) in [5.74, 6) is 1.23. The molecular formula is C14H16FN3O. The molecule has 1 aromatic heterocycles. The Morgan fingerprint density at radius 2 is 1.95 bits per heavy atom. The van der Waals surface area contributed by atoms with Crippen molar-refractivity contribution in [2.24, 2.45) is 0 Å². The van der Waals surface area contributed by atoms with E-state index in [1.54, 1.807) is 18.2 Å². The maximum atomic E-state index is 12.8. The molecular weight excluding hydrogens is 245 g/mol. The summed E-state index contributed by atoms with van der Waals surface area (Å²) in [5.41, 5.74) is 0.811. The quantitative estimate of drug-likeness (QED) is 0.894. The second-order valence-corrected chi connectivity index (χ2v) is 4.15. The van der Waals surface area contributed by atoms with E-state index in [4.69, 9.17) is 4.74 Å². The van der Waals surface area contributed by atoms with Gasteiger partial charge in [0, 0.05) is 18.3 Å². The number of hydrogen-bond acceptors (Lipinski definition) is 4. The van der Waals surface area contributed by atoms with E-state index in [0.717, 1.165) is 18.7 Å². The summed E-state index contributed by atoms with van der Waals surface area (Å²) in [6, 6.07) is 7.55. The van der Waals surface area contributed by atoms with Crippen LogP contribution in [0, 0.1) is 12.7 Å². The molecule has 19 heavy (non-hydrogen) atoms. The van der Waals surface area contributed by atoms with Crippen molar-refractivity contribution in [1.29, 1.82) is 0 Å². The van der Waals surface area contributed by atoms with Crippen LogP contribution in [0.2, 0.25) is 0 Å². The van der Waals surface area contributed by atoms with Gasteiger partial charge in [-0.25, -0.2) is 9.37 Å². The molecule has 0 bridgehead atoms. The SMILES string of the molecule is CCCNc1nc(C)cc(Oc2ccc(F)cc2)n1. The van der Waals surface area contributed by atoms with Crippen LogP contribution in [-0.2, 0) is 0 Å². The van der Waals surface area contributed by atoms with E-state index in [1.807, 2.05) is 6.92 Å². The molecule has 0 unspecified atom stereocenters. The maximum Gasteiger partial charge on any atom is 0.226 e. The predicted molar refractivity (Wildman–Crippen MR) is 72.0 cm³/mol. The summed E-state index contributed by atoms with van der Waals surface area (Å²) in [5, 5.41) is 3.11. The van der Waals surface area contributed by atoms with Crippen LogP contribution in [0.1, 0.15) is 19.0 Å². The van der Waals surface area contributed by atoms with Crippen LogP contribution < -0.4 is 10.1 Å². The van der Waals surface area contributed by atoms with Crippen LogP contribution in [0.4, 0.5) is 10.3 Å². The van der Waals surface area contributed by atoms with Crippen LogP contribution in [0.3, 0.4) is 0 Å². The summed E-state index contributed by atoms with van der Waals surface area (Å²) < 4.78 is 18.4. The van der Waals surface area contributed by atoms with E-state index >= 15 is 0 Å². The zero-order valence-electron chi connectivity index (χ0n) is 11.0. The molecule has 0 saturated heterocycles. The van der Waals surface area contributed by atoms with Gasteiger partial charge in [0.15, 0.2) is 0 Å². The Hall–Kier alpha value is -2.17. The molecule has 2 aromatic rings. The molecule has 0 spiro atoms. The monoisotopic (exact) mass is 261 g/mol. The number of halogens is 1. The van der Waals surface area contributed by atoms with Gasteiger partial charge in [0.25, 0.3) is 0 Å². The lowest BCUT2D eigenvalue weighted by atomic mass is 10.3. The topological polar surface area (TPSA) is 47.0 Å². The normalized spacial score (nSPS) is 10.3. The second-order valence-electron chi connectivity index (χ2n) is 4.15. The first kappa shape index (κ1) is 13.3.